The molecule has 2 heterocycles. The first-order valence-corrected chi connectivity index (χ1v) is 10.0. The number of carbonyl (C=O) groups is 1. The molecule has 1 aromatic heterocycles. The van der Waals surface area contributed by atoms with Gasteiger partial charge in [-0.1, -0.05) is 13.0 Å². The number of hydrogen-bond donors (Lipinski definition) is 2. The van der Waals surface area contributed by atoms with E-state index in [1.54, 1.807) is 13.1 Å². The third kappa shape index (κ3) is 5.45. The van der Waals surface area contributed by atoms with E-state index in [2.05, 4.69) is 19.9 Å². The van der Waals surface area contributed by atoms with Gasteiger partial charge in [0.15, 0.2) is 0 Å². The second-order valence-electron chi connectivity index (χ2n) is 6.10. The maximum absolute atomic E-state index is 12.0. The summed E-state index contributed by atoms with van der Waals surface area (Å²) in [5.41, 5.74) is 0.884. The van der Waals surface area contributed by atoms with Gasteiger partial charge < -0.3 is 10.2 Å². The smallest absolute Gasteiger partial charge is 0.238 e. The maximum Gasteiger partial charge on any atom is 0.238 e. The van der Waals surface area contributed by atoms with Crippen LogP contribution in [0, 0.1) is 0 Å². The molecule has 1 unspecified atom stereocenters. The van der Waals surface area contributed by atoms with E-state index in [9.17, 15) is 13.2 Å². The summed E-state index contributed by atoms with van der Waals surface area (Å²) in [5.74, 6) is 0.633. The van der Waals surface area contributed by atoms with Gasteiger partial charge in [-0.05, 0) is 37.8 Å². The summed E-state index contributed by atoms with van der Waals surface area (Å²) in [6, 6.07) is 3.10. The standard InChI is InChI=1S/C16H26N4O3S/c1-3-10-24(22,23)19-13(2)16(21)18-12-14-6-7-15(17-11-14)20-8-4-5-9-20/h6-7,11,13,19H,3-5,8-10,12H2,1-2H3,(H,18,21). The molecule has 0 aliphatic carbocycles. The van der Waals surface area contributed by atoms with Gasteiger partial charge in [0.2, 0.25) is 15.9 Å². The fraction of sp³-hybridized carbons (Fsp3) is 0.625. The molecule has 24 heavy (non-hydrogen) atoms. The van der Waals surface area contributed by atoms with E-state index in [4.69, 9.17) is 0 Å². The number of sulfonamides is 1. The molecule has 7 nitrogen and oxygen atoms in total. The SMILES string of the molecule is CCCS(=O)(=O)NC(C)C(=O)NCc1ccc(N2CCCC2)nc1. The number of nitrogens with one attached hydrogen (secondary N) is 2. The molecule has 8 heteroatoms. The Labute approximate surface area is 143 Å². The van der Waals surface area contributed by atoms with Gasteiger partial charge in [-0.2, -0.15) is 0 Å². The van der Waals surface area contributed by atoms with E-state index in [1.807, 2.05) is 12.1 Å². The molecule has 1 atom stereocenters. The molecule has 0 bridgehead atoms. The van der Waals surface area contributed by atoms with Crippen molar-refractivity contribution < 1.29 is 13.2 Å². The number of pyridine rings is 1. The van der Waals surface area contributed by atoms with Crippen molar-refractivity contribution in [2.75, 3.05) is 23.7 Å². The Morgan fingerprint density at radius 3 is 2.62 bits per heavy atom. The number of carbonyl (C=O) groups excluding carboxylic acids is 1. The lowest BCUT2D eigenvalue weighted by Gasteiger charge is -2.17. The van der Waals surface area contributed by atoms with Crippen molar-refractivity contribution in [3.05, 3.63) is 23.9 Å². The third-order valence-corrected chi connectivity index (χ3v) is 5.59. The Morgan fingerprint density at radius 2 is 2.04 bits per heavy atom. The zero-order valence-electron chi connectivity index (χ0n) is 14.3. The summed E-state index contributed by atoms with van der Waals surface area (Å²) in [4.78, 5) is 18.7. The van der Waals surface area contributed by atoms with Crippen LogP contribution in [0.2, 0.25) is 0 Å². The van der Waals surface area contributed by atoms with Crippen molar-refractivity contribution in [1.29, 1.82) is 0 Å². The van der Waals surface area contributed by atoms with E-state index in [0.717, 1.165) is 24.5 Å². The quantitative estimate of drug-likeness (QED) is 0.727. The van der Waals surface area contributed by atoms with Crippen LogP contribution in [0.3, 0.4) is 0 Å². The highest BCUT2D eigenvalue weighted by molar-refractivity contribution is 7.89. The van der Waals surface area contributed by atoms with E-state index >= 15 is 0 Å². The van der Waals surface area contributed by atoms with E-state index in [1.165, 1.54) is 19.8 Å². The Hall–Kier alpha value is -1.67. The predicted octanol–water partition coefficient (Wildman–Crippen LogP) is 1.02. The van der Waals surface area contributed by atoms with E-state index < -0.39 is 16.1 Å². The molecular formula is C16H26N4O3S. The van der Waals surface area contributed by atoms with Crippen LogP contribution in [0.25, 0.3) is 0 Å². The minimum Gasteiger partial charge on any atom is -0.357 e. The van der Waals surface area contributed by atoms with Gasteiger partial charge in [-0.15, -0.1) is 0 Å². The highest BCUT2D eigenvalue weighted by atomic mass is 32.2. The second-order valence-corrected chi connectivity index (χ2v) is 7.97. The predicted molar refractivity (Wildman–Crippen MR) is 94.2 cm³/mol. The highest BCUT2D eigenvalue weighted by Gasteiger charge is 2.19. The number of nitrogens with zero attached hydrogens (tertiary/aromatic N) is 2. The van der Waals surface area contributed by atoms with Gasteiger partial charge in [0, 0.05) is 25.8 Å². The molecule has 0 spiro atoms. The van der Waals surface area contributed by atoms with Gasteiger partial charge in [0.05, 0.1) is 11.8 Å². The van der Waals surface area contributed by atoms with Crippen molar-refractivity contribution in [3.63, 3.8) is 0 Å². The monoisotopic (exact) mass is 354 g/mol. The van der Waals surface area contributed by atoms with Crippen molar-refractivity contribution >= 4 is 21.7 Å². The zero-order chi connectivity index (χ0) is 17.6. The van der Waals surface area contributed by atoms with E-state index in [0.29, 0.717) is 13.0 Å². The number of hydrogen-bond acceptors (Lipinski definition) is 5. The highest BCUT2D eigenvalue weighted by Crippen LogP contribution is 2.17. The third-order valence-electron chi connectivity index (χ3n) is 3.93. The number of aromatic nitrogens is 1. The fourth-order valence-electron chi connectivity index (χ4n) is 2.65. The van der Waals surface area contributed by atoms with Crippen LogP contribution in [-0.2, 0) is 21.4 Å². The molecule has 1 saturated heterocycles. The molecular weight excluding hydrogens is 328 g/mol. The topological polar surface area (TPSA) is 91.4 Å². The van der Waals surface area contributed by atoms with Crippen molar-refractivity contribution in [2.24, 2.45) is 0 Å². The molecule has 0 aromatic carbocycles. The molecule has 134 valence electrons. The lowest BCUT2D eigenvalue weighted by molar-refractivity contribution is -0.122. The van der Waals surface area contributed by atoms with Crippen LogP contribution < -0.4 is 14.9 Å². The first-order chi connectivity index (χ1) is 11.4. The van der Waals surface area contributed by atoms with Crippen LogP contribution in [0.5, 0.6) is 0 Å². The average Bonchev–Trinajstić information content (AvgIpc) is 3.07. The zero-order valence-corrected chi connectivity index (χ0v) is 15.1. The van der Waals surface area contributed by atoms with E-state index in [-0.39, 0.29) is 11.7 Å². The number of anilines is 1. The minimum atomic E-state index is -3.40. The van der Waals surface area contributed by atoms with Gasteiger partial charge in [0.1, 0.15) is 5.82 Å². The van der Waals surface area contributed by atoms with Crippen molar-refractivity contribution in [2.45, 2.75) is 45.7 Å². The Morgan fingerprint density at radius 1 is 1.33 bits per heavy atom. The van der Waals surface area contributed by atoms with Crippen LogP contribution in [0.4, 0.5) is 5.82 Å². The van der Waals surface area contributed by atoms with Crippen LogP contribution >= 0.6 is 0 Å². The average molecular weight is 354 g/mol. The Balaban J connectivity index is 1.82. The Kier molecular flexibility index (Phi) is 6.56. The lowest BCUT2D eigenvalue weighted by Crippen LogP contribution is -2.45. The van der Waals surface area contributed by atoms with Gasteiger partial charge >= 0.3 is 0 Å². The lowest BCUT2D eigenvalue weighted by atomic mass is 10.2. The summed E-state index contributed by atoms with van der Waals surface area (Å²) in [6.07, 6.45) is 4.66. The van der Waals surface area contributed by atoms with Crippen LogP contribution in [0.15, 0.2) is 18.3 Å². The van der Waals surface area contributed by atoms with Crippen LogP contribution in [-0.4, -0.2) is 44.2 Å². The molecule has 1 aliphatic heterocycles. The first kappa shape index (κ1) is 18.7. The normalized spacial score (nSPS) is 16.2. The van der Waals surface area contributed by atoms with Gasteiger partial charge in [-0.25, -0.2) is 18.1 Å². The Bertz CT molecular complexity index is 640. The molecule has 1 amide bonds. The van der Waals surface area contributed by atoms with Gasteiger partial charge in [-0.3, -0.25) is 4.79 Å². The second kappa shape index (κ2) is 8.43. The maximum atomic E-state index is 12.0. The minimum absolute atomic E-state index is 0.0203. The summed E-state index contributed by atoms with van der Waals surface area (Å²) in [5, 5.41) is 2.73. The van der Waals surface area contributed by atoms with Crippen LogP contribution in [0.1, 0.15) is 38.7 Å². The molecule has 1 fully saturated rings. The molecule has 1 aliphatic rings. The largest absolute Gasteiger partial charge is 0.357 e. The fourth-order valence-corrected chi connectivity index (χ4v) is 3.95. The molecule has 2 rings (SSSR count). The summed E-state index contributed by atoms with van der Waals surface area (Å²) >= 11 is 0. The summed E-state index contributed by atoms with van der Waals surface area (Å²) < 4.78 is 25.7. The first-order valence-electron chi connectivity index (χ1n) is 8.39. The van der Waals surface area contributed by atoms with Gasteiger partial charge in [0.25, 0.3) is 0 Å². The molecule has 0 saturated carbocycles. The molecule has 0 radical (unpaired) electrons. The number of rotatable bonds is 8. The van der Waals surface area contributed by atoms with Crippen molar-refractivity contribution in [1.82, 2.24) is 15.0 Å². The molecule has 2 N–H and O–H groups in total. The number of amides is 1. The van der Waals surface area contributed by atoms with Crippen molar-refractivity contribution in [3.8, 4) is 0 Å². The summed E-state index contributed by atoms with van der Waals surface area (Å²) in [7, 11) is -3.40. The molecule has 1 aromatic rings. The summed E-state index contributed by atoms with van der Waals surface area (Å²) in [6.45, 7) is 5.73.